The van der Waals surface area contributed by atoms with Crippen LogP contribution in [0.25, 0.3) is 0 Å². The Morgan fingerprint density at radius 2 is 2.04 bits per heavy atom. The van der Waals surface area contributed by atoms with Crippen molar-refractivity contribution in [2.75, 3.05) is 31.6 Å². The molecule has 3 heterocycles. The minimum atomic E-state index is -3.73. The van der Waals surface area contributed by atoms with E-state index in [1.807, 2.05) is 0 Å². The molecular weight excluding hydrogens is 359 g/mol. The van der Waals surface area contributed by atoms with E-state index in [1.165, 1.54) is 22.5 Å². The molecule has 2 saturated heterocycles. The first kappa shape index (κ1) is 17.3. The predicted molar refractivity (Wildman–Crippen MR) is 92.4 cm³/mol. The first-order chi connectivity index (χ1) is 12.5. The first-order valence-electron chi connectivity index (χ1n) is 8.42. The quantitative estimate of drug-likeness (QED) is 0.846. The van der Waals surface area contributed by atoms with E-state index in [1.54, 1.807) is 18.5 Å². The fraction of sp³-hybridized carbons (Fsp3) is 0.412. The lowest BCUT2D eigenvalue weighted by atomic mass is 9.93. The summed E-state index contributed by atoms with van der Waals surface area (Å²) < 4.78 is 46.1. The number of aromatic nitrogens is 2. The molecule has 0 amide bonds. The molecule has 0 bridgehead atoms. The summed E-state index contributed by atoms with van der Waals surface area (Å²) in [6.45, 7) is 1.84. The molecule has 0 radical (unpaired) electrons. The predicted octanol–water partition coefficient (Wildman–Crippen LogP) is 1.36. The van der Waals surface area contributed by atoms with E-state index in [0.29, 0.717) is 32.2 Å². The Morgan fingerprint density at radius 3 is 2.81 bits per heavy atom. The molecule has 1 N–H and O–H groups in total. The van der Waals surface area contributed by atoms with E-state index < -0.39 is 15.8 Å². The number of hydrogen-bond donors (Lipinski definition) is 1. The van der Waals surface area contributed by atoms with Crippen LogP contribution in [0.1, 0.15) is 0 Å². The number of anilines is 1. The second kappa shape index (κ2) is 6.90. The lowest BCUT2D eigenvalue weighted by Crippen LogP contribution is -2.32. The number of halogens is 1. The van der Waals surface area contributed by atoms with Gasteiger partial charge in [0.15, 0.2) is 0 Å². The highest BCUT2D eigenvalue weighted by molar-refractivity contribution is 7.89. The molecule has 2 aliphatic heterocycles. The largest absolute Gasteiger partial charge is 0.376 e. The summed E-state index contributed by atoms with van der Waals surface area (Å²) >= 11 is 0. The van der Waals surface area contributed by atoms with Crippen molar-refractivity contribution < 1.29 is 17.5 Å². The highest BCUT2D eigenvalue weighted by atomic mass is 32.2. The SMILES string of the molecule is O=S(=O)(c1cccc(F)c1)N1C[C@H]2[C@H](CNc3ncccn3)CO[C@H]2C1. The molecule has 0 saturated carbocycles. The molecule has 138 valence electrons. The van der Waals surface area contributed by atoms with Crippen molar-refractivity contribution in [1.29, 1.82) is 0 Å². The Labute approximate surface area is 151 Å². The van der Waals surface area contributed by atoms with Crippen LogP contribution in [0.15, 0.2) is 47.6 Å². The summed E-state index contributed by atoms with van der Waals surface area (Å²) in [4.78, 5) is 8.22. The van der Waals surface area contributed by atoms with Gasteiger partial charge in [-0.05, 0) is 24.3 Å². The van der Waals surface area contributed by atoms with Gasteiger partial charge in [0.2, 0.25) is 16.0 Å². The fourth-order valence-corrected chi connectivity index (χ4v) is 5.08. The first-order valence-corrected chi connectivity index (χ1v) is 9.86. The molecule has 3 atom stereocenters. The summed E-state index contributed by atoms with van der Waals surface area (Å²) in [5.74, 6) is 0.232. The molecule has 1 aromatic carbocycles. The molecule has 1 aromatic heterocycles. The Hall–Kier alpha value is -2.10. The maximum atomic E-state index is 13.4. The third kappa shape index (κ3) is 3.29. The van der Waals surface area contributed by atoms with Crippen molar-refractivity contribution in [3.8, 4) is 0 Å². The third-order valence-corrected chi connectivity index (χ3v) is 6.76. The van der Waals surface area contributed by atoms with Crippen LogP contribution in [0.3, 0.4) is 0 Å². The van der Waals surface area contributed by atoms with Crippen LogP contribution in [0.2, 0.25) is 0 Å². The van der Waals surface area contributed by atoms with E-state index in [9.17, 15) is 12.8 Å². The van der Waals surface area contributed by atoms with Gasteiger partial charge in [0.05, 0.1) is 17.6 Å². The van der Waals surface area contributed by atoms with Crippen molar-refractivity contribution in [1.82, 2.24) is 14.3 Å². The Kier molecular flexibility index (Phi) is 4.60. The molecule has 4 rings (SSSR count). The maximum absolute atomic E-state index is 13.4. The third-order valence-electron chi connectivity index (χ3n) is 4.93. The van der Waals surface area contributed by atoms with Crippen LogP contribution in [0.4, 0.5) is 10.3 Å². The van der Waals surface area contributed by atoms with E-state index in [2.05, 4.69) is 15.3 Å². The van der Waals surface area contributed by atoms with Crippen LogP contribution >= 0.6 is 0 Å². The van der Waals surface area contributed by atoms with Gasteiger partial charge in [-0.15, -0.1) is 0 Å². The molecule has 26 heavy (non-hydrogen) atoms. The highest BCUT2D eigenvalue weighted by Gasteiger charge is 2.47. The van der Waals surface area contributed by atoms with Crippen LogP contribution in [-0.4, -0.2) is 55.0 Å². The molecular formula is C17H19FN4O3S. The Balaban J connectivity index is 1.44. The number of sulfonamides is 1. The average molecular weight is 378 g/mol. The van der Waals surface area contributed by atoms with Crippen molar-refractivity contribution in [3.05, 3.63) is 48.5 Å². The standard InChI is InChI=1S/C17H19FN4O3S/c18-13-3-1-4-14(7-13)26(23,24)22-9-15-12(11-25-16(15)10-22)8-21-17-19-5-2-6-20-17/h1-7,12,15-16H,8-11H2,(H,19,20,21)/t12-,15+,16+/m1/s1. The zero-order valence-corrected chi connectivity index (χ0v) is 14.8. The lowest BCUT2D eigenvalue weighted by molar-refractivity contribution is 0.104. The number of nitrogens with one attached hydrogen (secondary N) is 1. The topological polar surface area (TPSA) is 84.4 Å². The molecule has 0 unspecified atom stereocenters. The number of rotatable bonds is 5. The zero-order valence-electron chi connectivity index (χ0n) is 14.0. The monoisotopic (exact) mass is 378 g/mol. The van der Waals surface area contributed by atoms with E-state index >= 15 is 0 Å². The number of ether oxygens (including phenoxy) is 1. The minimum absolute atomic E-state index is 0.0233. The smallest absolute Gasteiger partial charge is 0.243 e. The van der Waals surface area contributed by atoms with E-state index in [-0.39, 0.29) is 22.8 Å². The molecule has 0 aliphatic carbocycles. The van der Waals surface area contributed by atoms with Crippen molar-refractivity contribution in [2.24, 2.45) is 11.8 Å². The van der Waals surface area contributed by atoms with Gasteiger partial charge in [0, 0.05) is 43.9 Å². The number of nitrogens with zero attached hydrogens (tertiary/aromatic N) is 3. The summed E-state index contributed by atoms with van der Waals surface area (Å²) in [5, 5.41) is 3.17. The Bertz CT molecular complexity index is 881. The highest BCUT2D eigenvalue weighted by Crippen LogP contribution is 2.36. The van der Waals surface area contributed by atoms with Crippen molar-refractivity contribution in [3.63, 3.8) is 0 Å². The van der Waals surface area contributed by atoms with Gasteiger partial charge < -0.3 is 10.1 Å². The van der Waals surface area contributed by atoms with Crippen LogP contribution in [0.5, 0.6) is 0 Å². The van der Waals surface area contributed by atoms with Gasteiger partial charge in [0.25, 0.3) is 0 Å². The normalized spacial score (nSPS) is 26.0. The molecule has 7 nitrogen and oxygen atoms in total. The van der Waals surface area contributed by atoms with Gasteiger partial charge >= 0.3 is 0 Å². The Morgan fingerprint density at radius 1 is 1.23 bits per heavy atom. The van der Waals surface area contributed by atoms with E-state index in [0.717, 1.165) is 6.07 Å². The maximum Gasteiger partial charge on any atom is 0.243 e. The second-order valence-electron chi connectivity index (χ2n) is 6.53. The molecule has 2 aromatic rings. The van der Waals surface area contributed by atoms with Gasteiger partial charge in [-0.25, -0.2) is 22.8 Å². The van der Waals surface area contributed by atoms with Crippen molar-refractivity contribution in [2.45, 2.75) is 11.0 Å². The molecule has 9 heteroatoms. The van der Waals surface area contributed by atoms with E-state index in [4.69, 9.17) is 4.74 Å². The fourth-order valence-electron chi connectivity index (χ4n) is 3.56. The second-order valence-corrected chi connectivity index (χ2v) is 8.47. The van der Waals surface area contributed by atoms with Crippen LogP contribution in [-0.2, 0) is 14.8 Å². The van der Waals surface area contributed by atoms with Crippen LogP contribution in [0, 0.1) is 17.7 Å². The average Bonchev–Trinajstić information content (AvgIpc) is 3.22. The summed E-state index contributed by atoms with van der Waals surface area (Å²) in [6.07, 6.45) is 3.18. The lowest BCUT2D eigenvalue weighted by Gasteiger charge is -2.20. The number of fused-ring (bicyclic) bond motifs is 1. The van der Waals surface area contributed by atoms with Gasteiger partial charge in [-0.3, -0.25) is 0 Å². The molecule has 0 spiro atoms. The van der Waals surface area contributed by atoms with Gasteiger partial charge in [-0.2, -0.15) is 4.31 Å². The number of benzene rings is 1. The number of hydrogen-bond acceptors (Lipinski definition) is 6. The van der Waals surface area contributed by atoms with Crippen molar-refractivity contribution >= 4 is 16.0 Å². The minimum Gasteiger partial charge on any atom is -0.376 e. The molecule has 2 aliphatic rings. The molecule has 2 fully saturated rings. The summed E-state index contributed by atoms with van der Waals surface area (Å²) in [5.41, 5.74) is 0. The van der Waals surface area contributed by atoms with Gasteiger partial charge in [0.1, 0.15) is 5.82 Å². The van der Waals surface area contributed by atoms with Crippen LogP contribution < -0.4 is 5.32 Å². The van der Waals surface area contributed by atoms with Gasteiger partial charge in [-0.1, -0.05) is 6.07 Å². The zero-order chi connectivity index (χ0) is 18.1. The summed E-state index contributed by atoms with van der Waals surface area (Å²) in [6, 6.07) is 6.84. The summed E-state index contributed by atoms with van der Waals surface area (Å²) in [7, 11) is -3.73.